The number of aryl methyl sites for hydroxylation is 3. The fourth-order valence-electron chi connectivity index (χ4n) is 4.73. The van der Waals surface area contributed by atoms with Crippen LogP contribution >= 0.6 is 0 Å². The lowest BCUT2D eigenvalue weighted by molar-refractivity contribution is -0.132. The van der Waals surface area contributed by atoms with Gasteiger partial charge in [0.15, 0.2) is 0 Å². The number of nitrogens with zero attached hydrogens (tertiary/aromatic N) is 2. The smallest absolute Gasteiger partial charge is 0.243 e. The Kier molecular flexibility index (Phi) is 7.94. The molecule has 6 nitrogen and oxygen atoms in total. The Morgan fingerprint density at radius 3 is 2.29 bits per heavy atom. The van der Waals surface area contributed by atoms with Crippen molar-refractivity contribution in [1.82, 2.24) is 9.21 Å². The number of amides is 1. The van der Waals surface area contributed by atoms with Crippen molar-refractivity contribution in [2.24, 2.45) is 0 Å². The second-order valence-electron chi connectivity index (χ2n) is 9.58. The van der Waals surface area contributed by atoms with Gasteiger partial charge in [-0.05, 0) is 68.0 Å². The molecular weight excluding hydrogens is 448 g/mol. The molecule has 2 aromatic rings. The summed E-state index contributed by atoms with van der Waals surface area (Å²) in [7, 11) is -3.41. The second kappa shape index (κ2) is 10.9. The van der Waals surface area contributed by atoms with Crippen molar-refractivity contribution in [1.29, 1.82) is 0 Å². The first-order chi connectivity index (χ1) is 16.3. The van der Waals surface area contributed by atoms with Gasteiger partial charge < -0.3 is 9.64 Å². The molecule has 0 saturated carbocycles. The molecule has 2 heterocycles. The average molecular weight is 485 g/mol. The number of carbonyl (C=O) groups is 1. The normalized spacial score (nSPS) is 18.1. The SMILES string of the molecule is Cc1ccc(C)c(OC2CCN(C(=O)CCc3ccc(S(=O)(=O)N4CCCCC4)cc3)CC2)c1. The predicted octanol–water partition coefficient (Wildman–Crippen LogP) is 4.48. The minimum atomic E-state index is -3.41. The van der Waals surface area contributed by atoms with E-state index in [4.69, 9.17) is 4.74 Å². The van der Waals surface area contributed by atoms with Gasteiger partial charge in [0.25, 0.3) is 0 Å². The first-order valence-electron chi connectivity index (χ1n) is 12.4. The van der Waals surface area contributed by atoms with Crippen molar-refractivity contribution in [3.63, 3.8) is 0 Å². The van der Waals surface area contributed by atoms with Gasteiger partial charge in [0.05, 0.1) is 4.90 Å². The minimum Gasteiger partial charge on any atom is -0.490 e. The van der Waals surface area contributed by atoms with Crippen molar-refractivity contribution in [3.8, 4) is 5.75 Å². The van der Waals surface area contributed by atoms with Crippen LogP contribution in [0, 0.1) is 13.8 Å². The van der Waals surface area contributed by atoms with Gasteiger partial charge in [-0.25, -0.2) is 8.42 Å². The monoisotopic (exact) mass is 484 g/mol. The number of sulfonamides is 1. The quantitative estimate of drug-likeness (QED) is 0.581. The Morgan fingerprint density at radius 1 is 0.941 bits per heavy atom. The standard InChI is InChI=1S/C27H36N2O4S/c1-21-6-7-22(2)26(20-21)33-24-14-18-28(19-15-24)27(30)13-10-23-8-11-25(12-9-23)34(31,32)29-16-4-3-5-17-29/h6-9,11-12,20,24H,3-5,10,13-19H2,1-2H3. The summed E-state index contributed by atoms with van der Waals surface area (Å²) in [4.78, 5) is 15.0. The van der Waals surface area contributed by atoms with E-state index in [-0.39, 0.29) is 12.0 Å². The van der Waals surface area contributed by atoms with Crippen molar-refractivity contribution in [2.75, 3.05) is 26.2 Å². The summed E-state index contributed by atoms with van der Waals surface area (Å²) in [6, 6.07) is 13.3. The van der Waals surface area contributed by atoms with E-state index in [0.29, 0.717) is 43.9 Å². The Morgan fingerprint density at radius 2 is 1.62 bits per heavy atom. The number of hydrogen-bond acceptors (Lipinski definition) is 4. The summed E-state index contributed by atoms with van der Waals surface area (Å²) < 4.78 is 33.4. The van der Waals surface area contributed by atoms with Crippen molar-refractivity contribution < 1.29 is 17.9 Å². The summed E-state index contributed by atoms with van der Waals surface area (Å²) >= 11 is 0. The van der Waals surface area contributed by atoms with Gasteiger partial charge in [-0.1, -0.05) is 30.7 Å². The van der Waals surface area contributed by atoms with Crippen LogP contribution in [0.25, 0.3) is 0 Å². The fourth-order valence-corrected chi connectivity index (χ4v) is 6.25. The van der Waals surface area contributed by atoms with Gasteiger partial charge in [0, 0.05) is 45.4 Å². The lowest BCUT2D eigenvalue weighted by atomic mass is 10.1. The molecule has 0 radical (unpaired) electrons. The van der Waals surface area contributed by atoms with Crippen LogP contribution in [0.4, 0.5) is 0 Å². The first kappa shape index (κ1) is 24.7. The highest BCUT2D eigenvalue weighted by atomic mass is 32.2. The van der Waals surface area contributed by atoms with Gasteiger partial charge in [-0.3, -0.25) is 4.79 Å². The highest BCUT2D eigenvalue weighted by molar-refractivity contribution is 7.89. The van der Waals surface area contributed by atoms with E-state index in [1.807, 2.05) is 17.0 Å². The van der Waals surface area contributed by atoms with E-state index in [0.717, 1.165) is 49.0 Å². The van der Waals surface area contributed by atoms with E-state index in [1.54, 1.807) is 16.4 Å². The fraction of sp³-hybridized carbons (Fsp3) is 0.519. The molecule has 2 fully saturated rings. The zero-order valence-corrected chi connectivity index (χ0v) is 21.1. The molecule has 2 aliphatic rings. The highest BCUT2D eigenvalue weighted by Crippen LogP contribution is 2.25. The molecule has 2 aliphatic heterocycles. The van der Waals surface area contributed by atoms with E-state index in [2.05, 4.69) is 32.0 Å². The molecule has 0 N–H and O–H groups in total. The van der Waals surface area contributed by atoms with E-state index in [1.165, 1.54) is 5.56 Å². The van der Waals surface area contributed by atoms with Crippen LogP contribution in [0.5, 0.6) is 5.75 Å². The summed E-state index contributed by atoms with van der Waals surface area (Å²) in [5.41, 5.74) is 3.31. The number of piperidine rings is 2. The summed E-state index contributed by atoms with van der Waals surface area (Å²) in [6.45, 7) is 6.75. The van der Waals surface area contributed by atoms with Crippen molar-refractivity contribution in [3.05, 3.63) is 59.2 Å². The zero-order valence-electron chi connectivity index (χ0n) is 20.3. The summed E-state index contributed by atoms with van der Waals surface area (Å²) in [6.07, 6.45) is 5.80. The maximum absolute atomic E-state index is 12.8. The molecule has 0 unspecified atom stereocenters. The molecule has 0 aliphatic carbocycles. The molecule has 1 amide bonds. The van der Waals surface area contributed by atoms with Crippen LogP contribution in [0.2, 0.25) is 0 Å². The van der Waals surface area contributed by atoms with Crippen molar-refractivity contribution in [2.45, 2.75) is 69.8 Å². The lowest BCUT2D eigenvalue weighted by Crippen LogP contribution is -2.41. The van der Waals surface area contributed by atoms with Gasteiger partial charge in [-0.2, -0.15) is 4.31 Å². The number of rotatable bonds is 7. The third kappa shape index (κ3) is 5.99. The number of hydrogen-bond donors (Lipinski definition) is 0. The third-order valence-corrected chi connectivity index (χ3v) is 8.85. The largest absolute Gasteiger partial charge is 0.490 e. The molecule has 0 atom stereocenters. The molecule has 184 valence electrons. The maximum atomic E-state index is 12.8. The highest BCUT2D eigenvalue weighted by Gasteiger charge is 2.26. The second-order valence-corrected chi connectivity index (χ2v) is 11.5. The van der Waals surface area contributed by atoms with Gasteiger partial charge >= 0.3 is 0 Å². The molecular formula is C27H36N2O4S. The predicted molar refractivity (Wildman–Crippen MR) is 134 cm³/mol. The first-order valence-corrected chi connectivity index (χ1v) is 13.9. The van der Waals surface area contributed by atoms with Crippen LogP contribution in [0.1, 0.15) is 55.2 Å². The number of benzene rings is 2. The number of likely N-dealkylation sites (tertiary alicyclic amines) is 1. The Balaban J connectivity index is 1.24. The van der Waals surface area contributed by atoms with Crippen LogP contribution in [0.3, 0.4) is 0 Å². The number of carbonyl (C=O) groups excluding carboxylic acids is 1. The van der Waals surface area contributed by atoms with Crippen LogP contribution < -0.4 is 4.74 Å². The minimum absolute atomic E-state index is 0.138. The van der Waals surface area contributed by atoms with Crippen LogP contribution in [0.15, 0.2) is 47.4 Å². The average Bonchev–Trinajstić information content (AvgIpc) is 2.86. The number of ether oxygens (including phenoxy) is 1. The Hall–Kier alpha value is -2.38. The summed E-state index contributed by atoms with van der Waals surface area (Å²) in [5, 5.41) is 0. The van der Waals surface area contributed by atoms with Gasteiger partial charge in [-0.15, -0.1) is 0 Å². The molecule has 0 bridgehead atoms. The lowest BCUT2D eigenvalue weighted by Gasteiger charge is -2.32. The zero-order chi connectivity index (χ0) is 24.1. The van der Waals surface area contributed by atoms with Crippen LogP contribution in [-0.2, 0) is 21.2 Å². The van der Waals surface area contributed by atoms with E-state index < -0.39 is 10.0 Å². The molecule has 0 aromatic heterocycles. The van der Waals surface area contributed by atoms with E-state index >= 15 is 0 Å². The van der Waals surface area contributed by atoms with Gasteiger partial charge in [0.1, 0.15) is 11.9 Å². The maximum Gasteiger partial charge on any atom is 0.243 e. The Labute approximate surface area is 204 Å². The summed E-state index contributed by atoms with van der Waals surface area (Å²) in [5.74, 6) is 1.09. The van der Waals surface area contributed by atoms with Crippen LogP contribution in [-0.4, -0.2) is 55.8 Å². The molecule has 34 heavy (non-hydrogen) atoms. The van der Waals surface area contributed by atoms with Gasteiger partial charge in [0.2, 0.25) is 15.9 Å². The molecule has 2 aromatic carbocycles. The molecule has 2 saturated heterocycles. The van der Waals surface area contributed by atoms with E-state index in [9.17, 15) is 13.2 Å². The van der Waals surface area contributed by atoms with Crippen molar-refractivity contribution >= 4 is 15.9 Å². The molecule has 7 heteroatoms. The third-order valence-electron chi connectivity index (χ3n) is 6.94. The molecule has 0 spiro atoms. The topological polar surface area (TPSA) is 66.9 Å². The molecule has 4 rings (SSSR count). The Bertz CT molecular complexity index is 1080.